The summed E-state index contributed by atoms with van der Waals surface area (Å²) in [5.74, 6) is 0.399. The third-order valence-corrected chi connectivity index (χ3v) is 4.54. The van der Waals surface area contributed by atoms with E-state index >= 15 is 0 Å². The molecule has 1 aliphatic rings. The zero-order valence-corrected chi connectivity index (χ0v) is 12.0. The number of rotatable bonds is 6. The van der Waals surface area contributed by atoms with Crippen molar-refractivity contribution >= 4 is 17.2 Å². The maximum atomic E-state index is 11.7. The Morgan fingerprint density at radius 1 is 1.30 bits per heavy atom. The molecule has 3 nitrogen and oxygen atoms in total. The van der Waals surface area contributed by atoms with Crippen LogP contribution in [-0.2, 0) is 11.3 Å². The molecule has 1 aromatic heterocycles. The number of hydrogen-bond acceptors (Lipinski definition) is 3. The van der Waals surface area contributed by atoms with Crippen LogP contribution in [0.3, 0.4) is 0 Å². The number of primary amides is 1. The Bertz CT molecular complexity index is 573. The van der Waals surface area contributed by atoms with Gasteiger partial charge in [0, 0.05) is 11.4 Å². The van der Waals surface area contributed by atoms with E-state index in [4.69, 9.17) is 5.73 Å². The van der Waals surface area contributed by atoms with Crippen molar-refractivity contribution in [2.24, 2.45) is 5.73 Å². The normalized spacial score (nSPS) is 16.0. The summed E-state index contributed by atoms with van der Waals surface area (Å²) in [5, 5.41) is 5.27. The highest BCUT2D eigenvalue weighted by Crippen LogP contribution is 2.40. The summed E-state index contributed by atoms with van der Waals surface area (Å²) < 4.78 is 0. The SMILES string of the molecule is NC(=O)C(NCc1cccs1)c1ccc(C2CC2)cc1. The Morgan fingerprint density at radius 2 is 2.05 bits per heavy atom. The summed E-state index contributed by atoms with van der Waals surface area (Å²) in [6, 6.07) is 11.9. The number of amides is 1. The zero-order valence-electron chi connectivity index (χ0n) is 11.2. The quantitative estimate of drug-likeness (QED) is 0.858. The number of nitrogens with one attached hydrogen (secondary N) is 1. The van der Waals surface area contributed by atoms with Crippen LogP contribution in [0.2, 0.25) is 0 Å². The van der Waals surface area contributed by atoms with Crippen LogP contribution in [0.25, 0.3) is 0 Å². The molecule has 1 fully saturated rings. The Balaban J connectivity index is 1.70. The van der Waals surface area contributed by atoms with Gasteiger partial charge in [-0.15, -0.1) is 11.3 Å². The highest BCUT2D eigenvalue weighted by molar-refractivity contribution is 7.09. The molecule has 0 spiro atoms. The minimum atomic E-state index is -0.426. The first-order chi connectivity index (χ1) is 9.74. The largest absolute Gasteiger partial charge is 0.368 e. The Hall–Kier alpha value is -1.65. The second kappa shape index (κ2) is 5.77. The number of benzene rings is 1. The van der Waals surface area contributed by atoms with E-state index in [0.29, 0.717) is 6.54 Å². The predicted octanol–water partition coefficient (Wildman–Crippen LogP) is 2.94. The van der Waals surface area contributed by atoms with E-state index in [-0.39, 0.29) is 5.91 Å². The lowest BCUT2D eigenvalue weighted by Crippen LogP contribution is -2.33. The van der Waals surface area contributed by atoms with Gasteiger partial charge in [0.1, 0.15) is 6.04 Å². The molecule has 3 rings (SSSR count). The molecule has 4 heteroatoms. The molecule has 1 saturated carbocycles. The van der Waals surface area contributed by atoms with Gasteiger partial charge in [0.2, 0.25) is 5.91 Å². The molecule has 0 bridgehead atoms. The standard InChI is InChI=1S/C16H18N2OS/c17-16(19)15(18-10-14-2-1-9-20-14)13-7-5-12(6-8-13)11-3-4-11/h1-2,5-9,11,15,18H,3-4,10H2,(H2,17,19). The lowest BCUT2D eigenvalue weighted by atomic mass is 10.0. The third kappa shape index (κ3) is 3.08. The van der Waals surface area contributed by atoms with Gasteiger partial charge in [-0.1, -0.05) is 30.3 Å². The lowest BCUT2D eigenvalue weighted by Gasteiger charge is -2.15. The van der Waals surface area contributed by atoms with E-state index in [0.717, 1.165) is 11.5 Å². The van der Waals surface area contributed by atoms with Crippen molar-refractivity contribution in [1.29, 1.82) is 0 Å². The lowest BCUT2D eigenvalue weighted by molar-refractivity contribution is -0.120. The molecular weight excluding hydrogens is 268 g/mol. The van der Waals surface area contributed by atoms with Crippen LogP contribution in [0, 0.1) is 0 Å². The fraction of sp³-hybridized carbons (Fsp3) is 0.312. The summed E-state index contributed by atoms with van der Waals surface area (Å²) in [6.07, 6.45) is 2.57. The van der Waals surface area contributed by atoms with Gasteiger partial charge in [-0.25, -0.2) is 0 Å². The van der Waals surface area contributed by atoms with Crippen molar-refractivity contribution in [2.75, 3.05) is 0 Å². The molecule has 20 heavy (non-hydrogen) atoms. The third-order valence-electron chi connectivity index (χ3n) is 3.66. The minimum absolute atomic E-state index is 0.333. The molecule has 1 atom stereocenters. The van der Waals surface area contributed by atoms with Crippen LogP contribution < -0.4 is 11.1 Å². The molecule has 1 aliphatic carbocycles. The van der Waals surface area contributed by atoms with Gasteiger partial charge in [-0.3, -0.25) is 10.1 Å². The van der Waals surface area contributed by atoms with Crippen molar-refractivity contribution in [1.82, 2.24) is 5.32 Å². The maximum Gasteiger partial charge on any atom is 0.239 e. The summed E-state index contributed by atoms with van der Waals surface area (Å²) in [6.45, 7) is 0.662. The molecule has 1 heterocycles. The van der Waals surface area contributed by atoms with Gasteiger partial charge in [-0.05, 0) is 41.3 Å². The van der Waals surface area contributed by atoms with Crippen LogP contribution in [0.5, 0.6) is 0 Å². The molecule has 2 aromatic rings. The first kappa shape index (κ1) is 13.3. The van der Waals surface area contributed by atoms with Crippen molar-refractivity contribution in [2.45, 2.75) is 31.3 Å². The Kier molecular flexibility index (Phi) is 3.85. The second-order valence-electron chi connectivity index (χ2n) is 5.24. The van der Waals surface area contributed by atoms with E-state index in [9.17, 15) is 4.79 Å². The van der Waals surface area contributed by atoms with Crippen LogP contribution in [0.4, 0.5) is 0 Å². The maximum absolute atomic E-state index is 11.7. The minimum Gasteiger partial charge on any atom is -0.368 e. The van der Waals surface area contributed by atoms with Gasteiger partial charge in [-0.2, -0.15) is 0 Å². The van der Waals surface area contributed by atoms with Crippen molar-refractivity contribution in [3.05, 3.63) is 57.8 Å². The average molecular weight is 286 g/mol. The highest BCUT2D eigenvalue weighted by Gasteiger charge is 2.24. The number of carbonyl (C=O) groups is 1. The van der Waals surface area contributed by atoms with E-state index in [1.165, 1.54) is 23.3 Å². The first-order valence-corrected chi connectivity index (χ1v) is 7.77. The highest BCUT2D eigenvalue weighted by atomic mass is 32.1. The fourth-order valence-electron chi connectivity index (χ4n) is 2.38. The van der Waals surface area contributed by atoms with Crippen LogP contribution in [0.1, 0.15) is 40.8 Å². The molecular formula is C16H18N2OS. The van der Waals surface area contributed by atoms with Crippen molar-refractivity contribution in [3.8, 4) is 0 Å². The fourth-order valence-corrected chi connectivity index (χ4v) is 3.03. The summed E-state index contributed by atoms with van der Waals surface area (Å²) in [4.78, 5) is 12.9. The van der Waals surface area contributed by atoms with Crippen molar-refractivity contribution in [3.63, 3.8) is 0 Å². The number of carbonyl (C=O) groups excluding carboxylic acids is 1. The molecule has 1 aromatic carbocycles. The van der Waals surface area contributed by atoms with Crippen LogP contribution in [0.15, 0.2) is 41.8 Å². The molecule has 1 amide bonds. The topological polar surface area (TPSA) is 55.1 Å². The van der Waals surface area contributed by atoms with Gasteiger partial charge >= 0.3 is 0 Å². The molecule has 1 unspecified atom stereocenters. The van der Waals surface area contributed by atoms with E-state index in [1.54, 1.807) is 11.3 Å². The number of thiophene rings is 1. The van der Waals surface area contributed by atoms with Gasteiger partial charge in [0.25, 0.3) is 0 Å². The van der Waals surface area contributed by atoms with Crippen LogP contribution in [-0.4, -0.2) is 5.91 Å². The molecule has 0 saturated heterocycles. The van der Waals surface area contributed by atoms with Gasteiger partial charge in [0.05, 0.1) is 0 Å². The molecule has 0 aliphatic heterocycles. The van der Waals surface area contributed by atoms with E-state index in [1.807, 2.05) is 29.6 Å². The Labute approximate surface area is 122 Å². The summed E-state index contributed by atoms with van der Waals surface area (Å²) in [5.41, 5.74) is 7.83. The predicted molar refractivity (Wildman–Crippen MR) is 81.5 cm³/mol. The molecule has 0 radical (unpaired) electrons. The Morgan fingerprint density at radius 3 is 2.60 bits per heavy atom. The van der Waals surface area contributed by atoms with E-state index in [2.05, 4.69) is 17.4 Å². The first-order valence-electron chi connectivity index (χ1n) is 6.89. The zero-order chi connectivity index (χ0) is 13.9. The average Bonchev–Trinajstić information content (AvgIpc) is 3.17. The smallest absolute Gasteiger partial charge is 0.239 e. The number of nitrogens with two attached hydrogens (primary N) is 1. The summed E-state index contributed by atoms with van der Waals surface area (Å²) >= 11 is 1.67. The van der Waals surface area contributed by atoms with Crippen LogP contribution >= 0.6 is 11.3 Å². The molecule has 104 valence electrons. The summed E-state index contributed by atoms with van der Waals surface area (Å²) in [7, 11) is 0. The van der Waals surface area contributed by atoms with Gasteiger partial charge in [0.15, 0.2) is 0 Å². The van der Waals surface area contributed by atoms with Crippen molar-refractivity contribution < 1.29 is 4.79 Å². The monoisotopic (exact) mass is 286 g/mol. The molecule has 3 N–H and O–H groups in total. The van der Waals surface area contributed by atoms with E-state index < -0.39 is 6.04 Å². The second-order valence-corrected chi connectivity index (χ2v) is 6.27. The van der Waals surface area contributed by atoms with Gasteiger partial charge < -0.3 is 5.73 Å². The number of hydrogen-bond donors (Lipinski definition) is 2.